The Labute approximate surface area is 179 Å². The van der Waals surface area contributed by atoms with Crippen LogP contribution in [0.5, 0.6) is 0 Å². The molecular weight excluding hydrogens is 363 g/mol. The van der Waals surface area contributed by atoms with Gasteiger partial charge in [-0.05, 0) is 74.5 Å². The van der Waals surface area contributed by atoms with Crippen LogP contribution in [0.25, 0.3) is 0 Å². The Kier molecular flexibility index (Phi) is 9.50. The van der Waals surface area contributed by atoms with Gasteiger partial charge in [-0.15, -0.1) is 6.58 Å². The van der Waals surface area contributed by atoms with Crippen LogP contribution in [0.15, 0.2) is 12.7 Å². The lowest BCUT2D eigenvalue weighted by molar-refractivity contribution is -0.234. The number of ether oxygens (including phenoxy) is 2. The minimum absolute atomic E-state index is 0.0588. The van der Waals surface area contributed by atoms with E-state index in [-0.39, 0.29) is 13.0 Å². The maximum Gasteiger partial charge on any atom is 0.160 e. The molecule has 3 aliphatic rings. The summed E-state index contributed by atoms with van der Waals surface area (Å²) >= 11 is 0. The standard InChI is InChI=1S/C26H45FO2/c1-4-5-24(15-20(3)14-21-8-10-22(16-27)11-9-21)26-28-17-25(18-29-26)23-12-6-19(2)7-13-23/h4,19-26H,1,5-18H2,2-3H3. The van der Waals surface area contributed by atoms with Gasteiger partial charge in [0.05, 0.1) is 19.9 Å². The van der Waals surface area contributed by atoms with Gasteiger partial charge in [-0.3, -0.25) is 4.39 Å². The predicted octanol–water partition coefficient (Wildman–Crippen LogP) is 7.19. The fourth-order valence-corrected chi connectivity index (χ4v) is 6.17. The molecule has 0 aromatic carbocycles. The number of halogens is 1. The molecule has 0 spiro atoms. The van der Waals surface area contributed by atoms with Crippen molar-refractivity contribution in [1.29, 1.82) is 0 Å². The average Bonchev–Trinajstić information content (AvgIpc) is 2.75. The molecule has 1 heterocycles. The Morgan fingerprint density at radius 3 is 2.14 bits per heavy atom. The van der Waals surface area contributed by atoms with Crippen molar-refractivity contribution >= 4 is 0 Å². The second kappa shape index (κ2) is 11.8. The first kappa shape index (κ1) is 23.3. The molecule has 3 rings (SSSR count). The predicted molar refractivity (Wildman–Crippen MR) is 118 cm³/mol. The van der Waals surface area contributed by atoms with Gasteiger partial charge in [0.15, 0.2) is 6.29 Å². The molecule has 2 atom stereocenters. The molecule has 2 aliphatic carbocycles. The van der Waals surface area contributed by atoms with Crippen LogP contribution in [0, 0.1) is 41.4 Å². The molecule has 1 saturated heterocycles. The Hall–Kier alpha value is -0.410. The zero-order chi connectivity index (χ0) is 20.6. The van der Waals surface area contributed by atoms with Crippen LogP contribution in [0.3, 0.4) is 0 Å². The summed E-state index contributed by atoms with van der Waals surface area (Å²) in [6.07, 6.45) is 15.4. The topological polar surface area (TPSA) is 18.5 Å². The van der Waals surface area contributed by atoms with Gasteiger partial charge in [-0.25, -0.2) is 0 Å². The van der Waals surface area contributed by atoms with E-state index in [1.807, 2.05) is 6.08 Å². The SMILES string of the molecule is C=CCC(CC(C)CC1CCC(CF)CC1)C1OCC(C2CCC(C)CC2)CO1. The van der Waals surface area contributed by atoms with E-state index >= 15 is 0 Å². The summed E-state index contributed by atoms with van der Waals surface area (Å²) in [5.41, 5.74) is 0. The summed E-state index contributed by atoms with van der Waals surface area (Å²) in [6, 6.07) is 0. The lowest BCUT2D eigenvalue weighted by Crippen LogP contribution is -2.41. The zero-order valence-corrected chi connectivity index (χ0v) is 19.0. The van der Waals surface area contributed by atoms with Gasteiger partial charge in [-0.2, -0.15) is 0 Å². The molecule has 0 radical (unpaired) electrons. The van der Waals surface area contributed by atoms with Crippen LogP contribution >= 0.6 is 0 Å². The molecular formula is C26H45FO2. The second-order valence-corrected chi connectivity index (χ2v) is 10.7. The Morgan fingerprint density at radius 2 is 1.55 bits per heavy atom. The normalized spacial score (nSPS) is 38.3. The molecule has 29 heavy (non-hydrogen) atoms. The molecule has 3 fully saturated rings. The Morgan fingerprint density at radius 1 is 0.931 bits per heavy atom. The quantitative estimate of drug-likeness (QED) is 0.376. The van der Waals surface area contributed by atoms with Crippen LogP contribution in [-0.4, -0.2) is 26.2 Å². The van der Waals surface area contributed by atoms with Crippen molar-refractivity contribution in [2.24, 2.45) is 41.4 Å². The van der Waals surface area contributed by atoms with E-state index in [0.717, 1.165) is 56.7 Å². The summed E-state index contributed by atoms with van der Waals surface area (Å²) in [4.78, 5) is 0. The third-order valence-corrected chi connectivity index (χ3v) is 8.16. The van der Waals surface area contributed by atoms with E-state index in [0.29, 0.717) is 23.7 Å². The van der Waals surface area contributed by atoms with Gasteiger partial charge in [-0.1, -0.05) is 45.6 Å². The lowest BCUT2D eigenvalue weighted by atomic mass is 9.76. The molecule has 0 amide bonds. The van der Waals surface area contributed by atoms with Crippen molar-refractivity contribution in [2.45, 2.75) is 90.8 Å². The molecule has 1 aliphatic heterocycles. The highest BCUT2D eigenvalue weighted by atomic mass is 19.1. The van der Waals surface area contributed by atoms with E-state index in [1.54, 1.807) is 0 Å². The van der Waals surface area contributed by atoms with Gasteiger partial charge in [0.2, 0.25) is 0 Å². The van der Waals surface area contributed by atoms with Crippen molar-refractivity contribution in [3.8, 4) is 0 Å². The fourth-order valence-electron chi connectivity index (χ4n) is 6.17. The monoisotopic (exact) mass is 408 g/mol. The van der Waals surface area contributed by atoms with Crippen molar-refractivity contribution in [2.75, 3.05) is 19.9 Å². The van der Waals surface area contributed by atoms with Crippen molar-refractivity contribution in [3.63, 3.8) is 0 Å². The van der Waals surface area contributed by atoms with E-state index in [1.165, 1.54) is 44.9 Å². The number of hydrogen-bond acceptors (Lipinski definition) is 2. The largest absolute Gasteiger partial charge is 0.352 e. The van der Waals surface area contributed by atoms with E-state index < -0.39 is 0 Å². The zero-order valence-electron chi connectivity index (χ0n) is 19.0. The summed E-state index contributed by atoms with van der Waals surface area (Å²) < 4.78 is 25.4. The fraction of sp³-hybridized carbons (Fsp3) is 0.923. The van der Waals surface area contributed by atoms with Crippen LogP contribution in [0.2, 0.25) is 0 Å². The molecule has 2 unspecified atom stereocenters. The molecule has 2 saturated carbocycles. The first-order chi connectivity index (χ1) is 14.1. The third-order valence-electron chi connectivity index (χ3n) is 8.16. The highest BCUT2D eigenvalue weighted by Crippen LogP contribution is 2.38. The summed E-state index contributed by atoms with van der Waals surface area (Å²) in [7, 11) is 0. The van der Waals surface area contributed by atoms with Crippen molar-refractivity contribution in [3.05, 3.63) is 12.7 Å². The maximum absolute atomic E-state index is 12.9. The summed E-state index contributed by atoms with van der Waals surface area (Å²) in [5.74, 6) is 4.47. The van der Waals surface area contributed by atoms with E-state index in [2.05, 4.69) is 20.4 Å². The summed E-state index contributed by atoms with van der Waals surface area (Å²) in [6.45, 7) is 10.4. The van der Waals surface area contributed by atoms with Gasteiger partial charge < -0.3 is 9.47 Å². The van der Waals surface area contributed by atoms with Crippen molar-refractivity contribution in [1.82, 2.24) is 0 Å². The smallest absolute Gasteiger partial charge is 0.160 e. The molecule has 0 aromatic rings. The number of allylic oxidation sites excluding steroid dienone is 1. The van der Waals surface area contributed by atoms with Gasteiger partial charge >= 0.3 is 0 Å². The number of hydrogen-bond donors (Lipinski definition) is 0. The minimum Gasteiger partial charge on any atom is -0.352 e. The molecule has 0 N–H and O–H groups in total. The number of rotatable bonds is 9. The lowest BCUT2D eigenvalue weighted by Gasteiger charge is -2.40. The molecule has 3 heteroatoms. The van der Waals surface area contributed by atoms with E-state index in [9.17, 15) is 4.39 Å². The highest BCUT2D eigenvalue weighted by Gasteiger charge is 2.34. The van der Waals surface area contributed by atoms with Crippen LogP contribution in [-0.2, 0) is 9.47 Å². The summed E-state index contributed by atoms with van der Waals surface area (Å²) in [5, 5.41) is 0. The van der Waals surface area contributed by atoms with E-state index in [4.69, 9.17) is 9.47 Å². The molecule has 0 aromatic heterocycles. The Balaban J connectivity index is 1.42. The number of alkyl halides is 1. The minimum atomic E-state index is -0.124. The van der Waals surface area contributed by atoms with Crippen LogP contribution in [0.4, 0.5) is 4.39 Å². The molecule has 168 valence electrons. The van der Waals surface area contributed by atoms with Crippen LogP contribution < -0.4 is 0 Å². The average molecular weight is 409 g/mol. The van der Waals surface area contributed by atoms with Gasteiger partial charge in [0.25, 0.3) is 0 Å². The van der Waals surface area contributed by atoms with Gasteiger partial charge in [0.1, 0.15) is 0 Å². The molecule has 2 nitrogen and oxygen atoms in total. The maximum atomic E-state index is 12.9. The van der Waals surface area contributed by atoms with Gasteiger partial charge in [0, 0.05) is 11.8 Å². The third kappa shape index (κ3) is 7.06. The highest BCUT2D eigenvalue weighted by molar-refractivity contribution is 4.83. The first-order valence-corrected chi connectivity index (χ1v) is 12.5. The molecule has 0 bridgehead atoms. The second-order valence-electron chi connectivity index (χ2n) is 10.7. The van der Waals surface area contributed by atoms with Crippen molar-refractivity contribution < 1.29 is 13.9 Å². The Bertz CT molecular complexity index is 457. The van der Waals surface area contributed by atoms with Crippen LogP contribution in [0.1, 0.15) is 84.5 Å². The first-order valence-electron chi connectivity index (χ1n) is 12.5.